The minimum absolute atomic E-state index is 0.0495. The standard InChI is InChI=1S/C11H7Cl2NO/c1-6(15)8-4-10(12)11(13)7-2-3-14-5-9(7)8/h2-5H,1H3. The van der Waals surface area contributed by atoms with E-state index in [1.807, 2.05) is 0 Å². The van der Waals surface area contributed by atoms with Crippen molar-refractivity contribution in [2.75, 3.05) is 0 Å². The molecule has 76 valence electrons. The number of carbonyl (C=O) groups is 1. The minimum atomic E-state index is -0.0495. The number of ketones is 1. The molecule has 1 heterocycles. The van der Waals surface area contributed by atoms with Crippen molar-refractivity contribution in [1.29, 1.82) is 0 Å². The molecule has 0 spiro atoms. The number of aromatic nitrogens is 1. The molecule has 0 unspecified atom stereocenters. The average molecular weight is 240 g/mol. The van der Waals surface area contributed by atoms with Crippen molar-refractivity contribution in [1.82, 2.24) is 4.98 Å². The molecule has 0 saturated carbocycles. The maximum Gasteiger partial charge on any atom is 0.160 e. The average Bonchev–Trinajstić information content (AvgIpc) is 2.23. The van der Waals surface area contributed by atoms with Crippen LogP contribution in [0.15, 0.2) is 24.5 Å². The lowest BCUT2D eigenvalue weighted by atomic mass is 10.0. The van der Waals surface area contributed by atoms with Crippen molar-refractivity contribution < 1.29 is 4.79 Å². The summed E-state index contributed by atoms with van der Waals surface area (Å²) < 4.78 is 0. The monoisotopic (exact) mass is 239 g/mol. The number of hydrogen-bond acceptors (Lipinski definition) is 2. The number of carbonyl (C=O) groups excluding carboxylic acids is 1. The molecule has 15 heavy (non-hydrogen) atoms. The lowest BCUT2D eigenvalue weighted by Crippen LogP contribution is -1.95. The van der Waals surface area contributed by atoms with Gasteiger partial charge < -0.3 is 0 Å². The van der Waals surface area contributed by atoms with Crippen LogP contribution in [0.3, 0.4) is 0 Å². The van der Waals surface area contributed by atoms with E-state index < -0.39 is 0 Å². The second-order valence-corrected chi connectivity index (χ2v) is 3.98. The van der Waals surface area contributed by atoms with Crippen LogP contribution in [-0.4, -0.2) is 10.8 Å². The molecular formula is C11H7Cl2NO. The molecule has 0 atom stereocenters. The first-order valence-electron chi connectivity index (χ1n) is 4.34. The summed E-state index contributed by atoms with van der Waals surface area (Å²) in [7, 11) is 0. The predicted molar refractivity (Wildman–Crippen MR) is 61.8 cm³/mol. The van der Waals surface area contributed by atoms with Gasteiger partial charge in [0.25, 0.3) is 0 Å². The molecule has 1 aromatic carbocycles. The molecule has 0 aliphatic heterocycles. The fraction of sp³-hybridized carbons (Fsp3) is 0.0909. The first-order chi connectivity index (χ1) is 7.11. The van der Waals surface area contributed by atoms with Crippen LogP contribution in [-0.2, 0) is 0 Å². The number of benzene rings is 1. The number of rotatable bonds is 1. The van der Waals surface area contributed by atoms with E-state index in [0.717, 1.165) is 10.8 Å². The number of hydrogen-bond donors (Lipinski definition) is 0. The molecule has 0 amide bonds. The Hall–Kier alpha value is -1.12. The van der Waals surface area contributed by atoms with Gasteiger partial charge >= 0.3 is 0 Å². The van der Waals surface area contributed by atoms with Crippen molar-refractivity contribution in [3.63, 3.8) is 0 Å². The molecule has 0 bridgehead atoms. The Balaban J connectivity index is 2.94. The van der Waals surface area contributed by atoms with Gasteiger partial charge in [-0.25, -0.2) is 0 Å². The van der Waals surface area contributed by atoms with Gasteiger partial charge in [0.2, 0.25) is 0 Å². The molecule has 0 radical (unpaired) electrons. The van der Waals surface area contributed by atoms with Crippen LogP contribution in [0.1, 0.15) is 17.3 Å². The van der Waals surface area contributed by atoms with E-state index in [-0.39, 0.29) is 5.78 Å². The van der Waals surface area contributed by atoms with Gasteiger partial charge in [0.1, 0.15) is 0 Å². The van der Waals surface area contributed by atoms with Crippen LogP contribution in [0.5, 0.6) is 0 Å². The molecule has 4 heteroatoms. The zero-order valence-corrected chi connectivity index (χ0v) is 9.43. The molecule has 2 aromatic rings. The van der Waals surface area contributed by atoms with Crippen molar-refractivity contribution in [2.24, 2.45) is 0 Å². The summed E-state index contributed by atoms with van der Waals surface area (Å²) in [5, 5.41) is 2.34. The first kappa shape index (κ1) is 10.4. The third-order valence-corrected chi connectivity index (χ3v) is 3.01. The summed E-state index contributed by atoms with van der Waals surface area (Å²) >= 11 is 12.0. The predicted octanol–water partition coefficient (Wildman–Crippen LogP) is 3.74. The molecular weight excluding hydrogens is 233 g/mol. The summed E-state index contributed by atoms with van der Waals surface area (Å²) in [4.78, 5) is 15.4. The Kier molecular flexibility index (Phi) is 2.63. The lowest BCUT2D eigenvalue weighted by Gasteiger charge is -2.06. The summed E-state index contributed by atoms with van der Waals surface area (Å²) in [6, 6.07) is 3.33. The molecule has 0 N–H and O–H groups in total. The summed E-state index contributed by atoms with van der Waals surface area (Å²) in [6.45, 7) is 1.49. The van der Waals surface area contributed by atoms with E-state index >= 15 is 0 Å². The van der Waals surface area contributed by atoms with Crippen LogP contribution in [0.4, 0.5) is 0 Å². The number of nitrogens with zero attached hydrogens (tertiary/aromatic N) is 1. The van der Waals surface area contributed by atoms with E-state index in [1.165, 1.54) is 6.92 Å². The van der Waals surface area contributed by atoms with Crippen LogP contribution >= 0.6 is 23.2 Å². The Morgan fingerprint density at radius 2 is 2.07 bits per heavy atom. The van der Waals surface area contributed by atoms with Crippen molar-refractivity contribution >= 4 is 39.8 Å². The Labute approximate surface area is 96.8 Å². The van der Waals surface area contributed by atoms with Gasteiger partial charge in [-0.05, 0) is 19.1 Å². The highest BCUT2D eigenvalue weighted by molar-refractivity contribution is 6.45. The van der Waals surface area contributed by atoms with Gasteiger partial charge in [-0.15, -0.1) is 0 Å². The molecule has 0 saturated heterocycles. The first-order valence-corrected chi connectivity index (χ1v) is 5.09. The second-order valence-electron chi connectivity index (χ2n) is 3.20. The van der Waals surface area contributed by atoms with Crippen molar-refractivity contribution in [3.05, 3.63) is 40.1 Å². The van der Waals surface area contributed by atoms with Gasteiger partial charge in [0.05, 0.1) is 10.0 Å². The number of halogens is 2. The Morgan fingerprint density at radius 3 is 2.73 bits per heavy atom. The maximum atomic E-state index is 11.4. The van der Waals surface area contributed by atoms with Crippen molar-refractivity contribution in [3.8, 4) is 0 Å². The van der Waals surface area contributed by atoms with Crippen LogP contribution in [0.2, 0.25) is 10.0 Å². The van der Waals surface area contributed by atoms with Gasteiger partial charge in [-0.1, -0.05) is 23.2 Å². The largest absolute Gasteiger partial charge is 0.294 e. The Morgan fingerprint density at radius 1 is 1.33 bits per heavy atom. The highest BCUT2D eigenvalue weighted by atomic mass is 35.5. The quantitative estimate of drug-likeness (QED) is 0.710. The maximum absolute atomic E-state index is 11.4. The van der Waals surface area contributed by atoms with E-state index in [9.17, 15) is 4.79 Å². The fourth-order valence-electron chi connectivity index (χ4n) is 1.49. The third-order valence-electron chi connectivity index (χ3n) is 2.21. The minimum Gasteiger partial charge on any atom is -0.294 e. The van der Waals surface area contributed by atoms with Gasteiger partial charge in [0.15, 0.2) is 5.78 Å². The van der Waals surface area contributed by atoms with E-state index in [4.69, 9.17) is 23.2 Å². The second kappa shape index (κ2) is 3.80. The highest BCUT2D eigenvalue weighted by Gasteiger charge is 2.11. The molecule has 2 rings (SSSR count). The number of fused-ring (bicyclic) bond motifs is 1. The van der Waals surface area contributed by atoms with Gasteiger partial charge in [0, 0.05) is 28.7 Å². The third kappa shape index (κ3) is 1.71. The number of pyridine rings is 1. The van der Waals surface area contributed by atoms with Crippen molar-refractivity contribution in [2.45, 2.75) is 6.92 Å². The zero-order chi connectivity index (χ0) is 11.0. The molecule has 0 fully saturated rings. The van der Waals surface area contributed by atoms with E-state index in [1.54, 1.807) is 24.5 Å². The normalized spacial score (nSPS) is 10.6. The van der Waals surface area contributed by atoms with Gasteiger partial charge in [-0.3, -0.25) is 9.78 Å². The topological polar surface area (TPSA) is 30.0 Å². The Bertz CT molecular complexity index is 552. The summed E-state index contributed by atoms with van der Waals surface area (Å²) in [5.74, 6) is -0.0495. The zero-order valence-electron chi connectivity index (χ0n) is 7.92. The van der Waals surface area contributed by atoms with Crippen LogP contribution in [0, 0.1) is 0 Å². The lowest BCUT2D eigenvalue weighted by molar-refractivity contribution is 0.101. The van der Waals surface area contributed by atoms with E-state index in [2.05, 4.69) is 4.98 Å². The highest BCUT2D eigenvalue weighted by Crippen LogP contribution is 2.32. The molecule has 1 aromatic heterocycles. The molecule has 0 aliphatic rings. The molecule has 2 nitrogen and oxygen atoms in total. The van der Waals surface area contributed by atoms with Crippen LogP contribution < -0.4 is 0 Å². The smallest absolute Gasteiger partial charge is 0.160 e. The van der Waals surface area contributed by atoms with E-state index in [0.29, 0.717) is 15.6 Å². The van der Waals surface area contributed by atoms with Crippen LogP contribution in [0.25, 0.3) is 10.8 Å². The number of Topliss-reactive ketones (excluding diaryl/α,β-unsaturated/α-hetero) is 1. The van der Waals surface area contributed by atoms with Gasteiger partial charge in [-0.2, -0.15) is 0 Å². The SMILES string of the molecule is CC(=O)c1cc(Cl)c(Cl)c2ccncc12. The molecule has 0 aliphatic carbocycles. The summed E-state index contributed by atoms with van der Waals surface area (Å²) in [6.07, 6.45) is 3.24. The fourth-order valence-corrected chi connectivity index (χ4v) is 1.92. The summed E-state index contributed by atoms with van der Waals surface area (Å²) in [5.41, 5.74) is 0.549.